The van der Waals surface area contributed by atoms with E-state index in [0.717, 1.165) is 52.1 Å². The van der Waals surface area contributed by atoms with Crippen molar-refractivity contribution in [3.63, 3.8) is 0 Å². The molecule has 0 aromatic heterocycles. The first-order valence-electron chi connectivity index (χ1n) is 8.85. The van der Waals surface area contributed by atoms with E-state index in [4.69, 9.17) is 11.5 Å². The molecule has 8 heteroatoms. The van der Waals surface area contributed by atoms with Gasteiger partial charge in [-0.25, -0.2) is 0 Å². The van der Waals surface area contributed by atoms with Gasteiger partial charge in [-0.15, -0.1) is 0 Å². The summed E-state index contributed by atoms with van der Waals surface area (Å²) in [5.74, 6) is -0.571. The van der Waals surface area contributed by atoms with Crippen LogP contribution >= 0.6 is 0 Å². The maximum Gasteiger partial charge on any atom is 0.231 e. The van der Waals surface area contributed by atoms with Gasteiger partial charge in [0.05, 0.1) is 13.1 Å². The predicted octanol–water partition coefficient (Wildman–Crippen LogP) is -1.69. The second kappa shape index (κ2) is 11.4. The first-order valence-corrected chi connectivity index (χ1v) is 8.85. The number of carbonyl (C=O) groups is 2. The minimum atomic E-state index is -0.285. The van der Waals surface area contributed by atoms with Crippen LogP contribution in [0.1, 0.15) is 26.7 Å². The predicted molar refractivity (Wildman–Crippen MR) is 95.4 cm³/mol. The number of nitrogens with zero attached hydrogens (tertiary/aromatic N) is 2. The van der Waals surface area contributed by atoms with Crippen LogP contribution in [0.25, 0.3) is 0 Å². The van der Waals surface area contributed by atoms with Crippen LogP contribution in [0.3, 0.4) is 0 Å². The van der Waals surface area contributed by atoms with Gasteiger partial charge < -0.3 is 22.1 Å². The standard InChI is InChI=1S/C16H34N6O2/c1-13-3-7-21(11-15(17)23)10-6-20-14(2)4-8-22(9-5-19-13)12-16(18)24/h13-14,19-20H,3-12H2,1-2H3,(H2,17,23)(H2,18,24)/t13-,14+. The average Bonchev–Trinajstić information content (AvgIpc) is 2.48. The Morgan fingerprint density at radius 1 is 0.833 bits per heavy atom. The zero-order valence-electron chi connectivity index (χ0n) is 15.1. The largest absolute Gasteiger partial charge is 0.369 e. The molecule has 0 aromatic carbocycles. The highest BCUT2D eigenvalue weighted by molar-refractivity contribution is 5.76. The number of amides is 2. The molecule has 1 rings (SSSR count). The van der Waals surface area contributed by atoms with Crippen molar-refractivity contribution in [3.05, 3.63) is 0 Å². The Bertz CT molecular complexity index is 357. The lowest BCUT2D eigenvalue weighted by Crippen LogP contribution is -2.45. The summed E-state index contributed by atoms with van der Waals surface area (Å²) in [7, 11) is 0. The normalized spacial score (nSPS) is 26.6. The monoisotopic (exact) mass is 342 g/mol. The molecule has 1 fully saturated rings. The summed E-state index contributed by atoms with van der Waals surface area (Å²) in [6.07, 6.45) is 1.89. The molecule has 1 aliphatic rings. The lowest BCUT2D eigenvalue weighted by molar-refractivity contribution is -0.120. The number of nitrogens with two attached hydrogens (primary N) is 2. The van der Waals surface area contributed by atoms with Gasteiger partial charge in [-0.1, -0.05) is 0 Å². The molecule has 1 saturated heterocycles. The summed E-state index contributed by atoms with van der Waals surface area (Å²) in [5.41, 5.74) is 10.7. The third-order valence-corrected chi connectivity index (χ3v) is 4.36. The van der Waals surface area contributed by atoms with Crippen LogP contribution in [0.5, 0.6) is 0 Å². The molecule has 0 radical (unpaired) electrons. The summed E-state index contributed by atoms with van der Waals surface area (Å²) < 4.78 is 0. The molecule has 1 heterocycles. The molecule has 2 amide bonds. The summed E-state index contributed by atoms with van der Waals surface area (Å²) in [6.45, 7) is 9.74. The molecule has 24 heavy (non-hydrogen) atoms. The SMILES string of the molecule is C[C@@H]1CCN(CC(N)=O)CCN[C@@H](C)CCN(CC(N)=O)CCN1. The summed E-state index contributed by atoms with van der Waals surface area (Å²) in [4.78, 5) is 26.6. The Hall–Kier alpha value is -1.22. The number of carbonyl (C=O) groups excluding carboxylic acids is 2. The first kappa shape index (κ1) is 20.8. The molecule has 1 aliphatic heterocycles. The van der Waals surface area contributed by atoms with Crippen LogP contribution in [0, 0.1) is 0 Å². The lowest BCUT2D eigenvalue weighted by Gasteiger charge is -2.27. The second-order valence-corrected chi connectivity index (χ2v) is 6.77. The van der Waals surface area contributed by atoms with Crippen molar-refractivity contribution in [2.75, 3.05) is 52.4 Å². The molecular weight excluding hydrogens is 308 g/mol. The molecule has 0 saturated carbocycles. The van der Waals surface area contributed by atoms with Gasteiger partial charge in [-0.3, -0.25) is 19.4 Å². The maximum absolute atomic E-state index is 11.2. The lowest BCUT2D eigenvalue weighted by atomic mass is 10.2. The van der Waals surface area contributed by atoms with Crippen molar-refractivity contribution in [1.29, 1.82) is 0 Å². The van der Waals surface area contributed by atoms with E-state index < -0.39 is 0 Å². The van der Waals surface area contributed by atoms with E-state index in [9.17, 15) is 9.59 Å². The van der Waals surface area contributed by atoms with Gasteiger partial charge in [0.25, 0.3) is 0 Å². The minimum Gasteiger partial charge on any atom is -0.369 e. The zero-order valence-corrected chi connectivity index (χ0v) is 15.1. The Balaban J connectivity index is 2.58. The number of nitrogens with one attached hydrogen (secondary N) is 2. The Kier molecular flexibility index (Phi) is 9.85. The maximum atomic E-state index is 11.2. The molecule has 0 aliphatic carbocycles. The van der Waals surface area contributed by atoms with Gasteiger partial charge in [-0.05, 0) is 26.7 Å². The Morgan fingerprint density at radius 3 is 1.54 bits per heavy atom. The molecule has 2 atom stereocenters. The molecule has 6 N–H and O–H groups in total. The smallest absolute Gasteiger partial charge is 0.231 e. The topological polar surface area (TPSA) is 117 Å². The van der Waals surface area contributed by atoms with Gasteiger partial charge in [0, 0.05) is 51.4 Å². The third-order valence-electron chi connectivity index (χ3n) is 4.36. The van der Waals surface area contributed by atoms with Crippen molar-refractivity contribution < 1.29 is 9.59 Å². The fourth-order valence-corrected chi connectivity index (χ4v) is 2.88. The zero-order chi connectivity index (χ0) is 17.9. The van der Waals surface area contributed by atoms with Crippen molar-refractivity contribution in [2.45, 2.75) is 38.8 Å². The number of hydrogen-bond donors (Lipinski definition) is 4. The fraction of sp³-hybridized carbons (Fsp3) is 0.875. The van der Waals surface area contributed by atoms with Crippen molar-refractivity contribution in [1.82, 2.24) is 20.4 Å². The number of rotatable bonds is 4. The van der Waals surface area contributed by atoms with E-state index in [-0.39, 0.29) is 11.8 Å². The van der Waals surface area contributed by atoms with Crippen molar-refractivity contribution in [2.24, 2.45) is 11.5 Å². The van der Waals surface area contributed by atoms with Gasteiger partial charge in [0.1, 0.15) is 0 Å². The van der Waals surface area contributed by atoms with Crippen LogP contribution < -0.4 is 22.1 Å². The Morgan fingerprint density at radius 2 is 1.21 bits per heavy atom. The molecule has 0 aromatic rings. The molecule has 0 bridgehead atoms. The minimum absolute atomic E-state index is 0.285. The van der Waals surface area contributed by atoms with Crippen LogP contribution in [-0.4, -0.2) is 86.1 Å². The first-order chi connectivity index (χ1) is 11.4. The molecular formula is C16H34N6O2. The van der Waals surface area contributed by atoms with Gasteiger partial charge in [0.2, 0.25) is 11.8 Å². The van der Waals surface area contributed by atoms with Gasteiger partial charge >= 0.3 is 0 Å². The quantitative estimate of drug-likeness (QED) is 0.484. The molecule has 0 unspecified atom stereocenters. The van der Waals surface area contributed by atoms with Crippen molar-refractivity contribution >= 4 is 11.8 Å². The van der Waals surface area contributed by atoms with E-state index in [1.165, 1.54) is 0 Å². The highest BCUT2D eigenvalue weighted by atomic mass is 16.1. The van der Waals surface area contributed by atoms with Crippen LogP contribution in [-0.2, 0) is 9.59 Å². The van der Waals surface area contributed by atoms with E-state index >= 15 is 0 Å². The van der Waals surface area contributed by atoms with Crippen LogP contribution in [0.15, 0.2) is 0 Å². The Labute approximate surface area is 145 Å². The summed E-state index contributed by atoms with van der Waals surface area (Å²) in [5, 5.41) is 6.95. The van der Waals surface area contributed by atoms with Crippen molar-refractivity contribution in [3.8, 4) is 0 Å². The van der Waals surface area contributed by atoms with E-state index in [1.54, 1.807) is 0 Å². The van der Waals surface area contributed by atoms with Crippen LogP contribution in [0.2, 0.25) is 0 Å². The van der Waals surface area contributed by atoms with Gasteiger partial charge in [0.15, 0.2) is 0 Å². The molecule has 0 spiro atoms. The van der Waals surface area contributed by atoms with E-state index in [0.29, 0.717) is 25.2 Å². The second-order valence-electron chi connectivity index (χ2n) is 6.77. The average molecular weight is 342 g/mol. The third kappa shape index (κ3) is 9.82. The fourth-order valence-electron chi connectivity index (χ4n) is 2.88. The summed E-state index contributed by atoms with van der Waals surface area (Å²) >= 11 is 0. The highest BCUT2D eigenvalue weighted by Gasteiger charge is 2.14. The van der Waals surface area contributed by atoms with Gasteiger partial charge in [-0.2, -0.15) is 0 Å². The van der Waals surface area contributed by atoms with Crippen LogP contribution in [0.4, 0.5) is 0 Å². The van der Waals surface area contributed by atoms with E-state index in [2.05, 4.69) is 34.3 Å². The number of hydrogen-bond acceptors (Lipinski definition) is 6. The highest BCUT2D eigenvalue weighted by Crippen LogP contribution is 2.00. The number of primary amides is 2. The van der Waals surface area contributed by atoms with E-state index in [1.807, 2.05) is 0 Å². The summed E-state index contributed by atoms with van der Waals surface area (Å²) in [6, 6.07) is 0.677. The molecule has 140 valence electrons. The molecule has 8 nitrogen and oxygen atoms in total.